The summed E-state index contributed by atoms with van der Waals surface area (Å²) in [6, 6.07) is 6.58. The van der Waals surface area contributed by atoms with E-state index in [1.807, 2.05) is 0 Å². The lowest BCUT2D eigenvalue weighted by atomic mass is 10.4. The maximum atomic E-state index is 11.7. The van der Waals surface area contributed by atoms with Crippen LogP contribution in [0, 0.1) is 0 Å². The van der Waals surface area contributed by atoms with Crippen LogP contribution in [0.15, 0.2) is 38.0 Å². The van der Waals surface area contributed by atoms with Gasteiger partial charge in [0.2, 0.25) is 0 Å². The maximum Gasteiger partial charge on any atom is 0.284 e. The molecule has 0 atom stereocenters. The first-order chi connectivity index (χ1) is 6.93. The Hall–Kier alpha value is -0.880. The first kappa shape index (κ1) is 12.2. The second kappa shape index (κ2) is 4.76. The Morgan fingerprint density at radius 2 is 1.93 bits per heavy atom. The van der Waals surface area contributed by atoms with Crippen LogP contribution >= 0.6 is 15.9 Å². The van der Waals surface area contributed by atoms with Crippen LogP contribution in [0.25, 0.3) is 0 Å². The first-order valence-corrected chi connectivity index (χ1v) is 6.38. The van der Waals surface area contributed by atoms with E-state index in [1.54, 1.807) is 37.2 Å². The average Bonchev–Trinajstić information content (AvgIpc) is 2.15. The van der Waals surface area contributed by atoms with Gasteiger partial charge in [0.1, 0.15) is 11.2 Å². The summed E-state index contributed by atoms with van der Waals surface area (Å²) >= 11 is 3.17. The highest BCUT2D eigenvalue weighted by atomic mass is 79.9. The van der Waals surface area contributed by atoms with E-state index < -0.39 is 10.0 Å². The summed E-state index contributed by atoms with van der Waals surface area (Å²) < 4.78 is 27.5. The van der Waals surface area contributed by atoms with E-state index in [2.05, 4.69) is 20.3 Å². The summed E-state index contributed by atoms with van der Waals surface area (Å²) in [7, 11) is -0.190. The Morgan fingerprint density at radius 3 is 2.47 bits per heavy atom. The van der Waals surface area contributed by atoms with Crippen molar-refractivity contribution in [1.29, 1.82) is 0 Å². The predicted molar refractivity (Wildman–Crippen MR) is 63.5 cm³/mol. The van der Waals surface area contributed by atoms with Gasteiger partial charge in [0, 0.05) is 18.6 Å². The zero-order valence-corrected chi connectivity index (χ0v) is 10.8. The van der Waals surface area contributed by atoms with Crippen LogP contribution in [0.3, 0.4) is 0 Å². The van der Waals surface area contributed by atoms with E-state index in [0.717, 1.165) is 0 Å². The van der Waals surface area contributed by atoms with Crippen molar-refractivity contribution < 1.29 is 8.42 Å². The standard InChI is InChI=1S/C9H11BrN2O2S/c1-12(2)7-11-15(13,14)9-6-4-3-5-8(9)10/h3-7H,1-2H3. The molecule has 1 aromatic carbocycles. The molecule has 0 aliphatic heterocycles. The van der Waals surface area contributed by atoms with Crippen molar-refractivity contribution in [1.82, 2.24) is 4.90 Å². The summed E-state index contributed by atoms with van der Waals surface area (Å²) in [5, 5.41) is 0. The van der Waals surface area contributed by atoms with Crippen molar-refractivity contribution in [3.63, 3.8) is 0 Å². The molecule has 6 heteroatoms. The van der Waals surface area contributed by atoms with E-state index in [9.17, 15) is 8.42 Å². The third-order valence-electron chi connectivity index (χ3n) is 1.53. The van der Waals surface area contributed by atoms with E-state index in [4.69, 9.17) is 0 Å². The lowest BCUT2D eigenvalue weighted by Gasteiger charge is -2.04. The molecular weight excluding hydrogens is 280 g/mol. The predicted octanol–water partition coefficient (Wildman–Crippen LogP) is 1.73. The normalized spacial score (nSPS) is 11.9. The van der Waals surface area contributed by atoms with Crippen LogP contribution in [0.1, 0.15) is 0 Å². The summed E-state index contributed by atoms with van der Waals surface area (Å²) in [5.74, 6) is 0. The zero-order valence-electron chi connectivity index (χ0n) is 8.38. The second-order valence-electron chi connectivity index (χ2n) is 3.09. The number of nitrogens with zero attached hydrogens (tertiary/aromatic N) is 2. The van der Waals surface area contributed by atoms with Gasteiger partial charge in [0.25, 0.3) is 10.0 Å². The smallest absolute Gasteiger partial charge is 0.284 e. The first-order valence-electron chi connectivity index (χ1n) is 4.15. The molecule has 0 saturated heterocycles. The second-order valence-corrected chi connectivity index (χ2v) is 5.55. The topological polar surface area (TPSA) is 49.7 Å². The number of halogens is 1. The number of sulfonamides is 1. The van der Waals surface area contributed by atoms with E-state index in [0.29, 0.717) is 4.47 Å². The van der Waals surface area contributed by atoms with Crippen LogP contribution < -0.4 is 0 Å². The molecule has 0 aromatic heterocycles. The fourth-order valence-electron chi connectivity index (χ4n) is 0.867. The summed E-state index contributed by atoms with van der Waals surface area (Å²) in [5.41, 5.74) is 0. The third-order valence-corrected chi connectivity index (χ3v) is 3.77. The molecule has 0 fully saturated rings. The highest BCUT2D eigenvalue weighted by Gasteiger charge is 2.14. The molecule has 0 unspecified atom stereocenters. The molecule has 0 radical (unpaired) electrons. The van der Waals surface area contributed by atoms with Gasteiger partial charge in [0.15, 0.2) is 0 Å². The maximum absolute atomic E-state index is 11.7. The highest BCUT2D eigenvalue weighted by Crippen LogP contribution is 2.22. The third kappa shape index (κ3) is 3.32. The molecule has 0 heterocycles. The minimum Gasteiger partial charge on any atom is -0.368 e. The van der Waals surface area contributed by atoms with Gasteiger partial charge in [-0.15, -0.1) is 4.40 Å². The van der Waals surface area contributed by atoms with Gasteiger partial charge in [-0.1, -0.05) is 12.1 Å². The van der Waals surface area contributed by atoms with Gasteiger partial charge < -0.3 is 4.90 Å². The zero-order chi connectivity index (χ0) is 11.5. The molecule has 4 nitrogen and oxygen atoms in total. The number of hydrogen-bond acceptors (Lipinski definition) is 2. The monoisotopic (exact) mass is 290 g/mol. The number of benzene rings is 1. The molecule has 0 amide bonds. The fourth-order valence-corrected chi connectivity index (χ4v) is 2.76. The quantitative estimate of drug-likeness (QED) is 0.629. The average molecular weight is 291 g/mol. The van der Waals surface area contributed by atoms with Gasteiger partial charge in [-0.05, 0) is 28.1 Å². The molecule has 82 valence electrons. The molecule has 0 aliphatic carbocycles. The largest absolute Gasteiger partial charge is 0.368 e. The Balaban J connectivity index is 3.13. The van der Waals surface area contributed by atoms with Crippen molar-refractivity contribution in [3.05, 3.63) is 28.7 Å². The molecule has 1 rings (SSSR count). The van der Waals surface area contributed by atoms with Gasteiger partial charge in [-0.3, -0.25) is 0 Å². The van der Waals surface area contributed by atoms with E-state index in [1.165, 1.54) is 12.4 Å². The van der Waals surface area contributed by atoms with Gasteiger partial charge in [0.05, 0.1) is 0 Å². The van der Waals surface area contributed by atoms with Crippen LogP contribution in [-0.4, -0.2) is 33.8 Å². The van der Waals surface area contributed by atoms with Crippen LogP contribution in [0.4, 0.5) is 0 Å². The van der Waals surface area contributed by atoms with Crippen LogP contribution in [0.5, 0.6) is 0 Å². The Kier molecular flexibility index (Phi) is 3.87. The van der Waals surface area contributed by atoms with E-state index in [-0.39, 0.29) is 4.90 Å². The SMILES string of the molecule is CN(C)C=NS(=O)(=O)c1ccccc1Br. The Morgan fingerprint density at radius 1 is 1.33 bits per heavy atom. The molecular formula is C9H11BrN2O2S. The van der Waals surface area contributed by atoms with Gasteiger partial charge in [-0.25, -0.2) is 0 Å². The minimum absolute atomic E-state index is 0.170. The number of rotatable bonds is 3. The summed E-state index contributed by atoms with van der Waals surface area (Å²) in [6.45, 7) is 0. The van der Waals surface area contributed by atoms with Gasteiger partial charge >= 0.3 is 0 Å². The lowest BCUT2D eigenvalue weighted by Crippen LogP contribution is -2.10. The van der Waals surface area contributed by atoms with Crippen molar-refractivity contribution in [3.8, 4) is 0 Å². The Labute approximate surface area is 97.8 Å². The minimum atomic E-state index is -3.61. The van der Waals surface area contributed by atoms with Crippen LogP contribution in [0.2, 0.25) is 0 Å². The molecule has 0 saturated carbocycles. The molecule has 0 N–H and O–H groups in total. The van der Waals surface area contributed by atoms with Crippen molar-refractivity contribution in [2.24, 2.45) is 4.40 Å². The van der Waals surface area contributed by atoms with Gasteiger partial charge in [-0.2, -0.15) is 8.42 Å². The molecule has 15 heavy (non-hydrogen) atoms. The number of hydrogen-bond donors (Lipinski definition) is 0. The van der Waals surface area contributed by atoms with Crippen LogP contribution in [-0.2, 0) is 10.0 Å². The molecule has 1 aromatic rings. The highest BCUT2D eigenvalue weighted by molar-refractivity contribution is 9.10. The van der Waals surface area contributed by atoms with Crippen molar-refractivity contribution in [2.75, 3.05) is 14.1 Å². The fraction of sp³-hybridized carbons (Fsp3) is 0.222. The lowest BCUT2D eigenvalue weighted by molar-refractivity contribution is 0.594. The summed E-state index contributed by atoms with van der Waals surface area (Å²) in [6.07, 6.45) is 1.26. The van der Waals surface area contributed by atoms with E-state index >= 15 is 0 Å². The Bertz CT molecular complexity index is 469. The van der Waals surface area contributed by atoms with Crippen molar-refractivity contribution in [2.45, 2.75) is 4.90 Å². The van der Waals surface area contributed by atoms with Crippen molar-refractivity contribution >= 4 is 32.3 Å². The molecule has 0 bridgehead atoms. The summed E-state index contributed by atoms with van der Waals surface area (Å²) in [4.78, 5) is 1.73. The molecule has 0 aliphatic rings. The molecule has 0 spiro atoms.